The Morgan fingerprint density at radius 3 is 2.86 bits per heavy atom. The van der Waals surface area contributed by atoms with E-state index in [0.717, 1.165) is 30.7 Å². The molecule has 1 aliphatic heterocycles. The van der Waals surface area contributed by atoms with Crippen LogP contribution in [-0.2, 0) is 14.3 Å². The highest BCUT2D eigenvalue weighted by molar-refractivity contribution is 5.97. The summed E-state index contributed by atoms with van der Waals surface area (Å²) in [6, 6.07) is 7.57. The summed E-state index contributed by atoms with van der Waals surface area (Å²) in [5, 5.41) is 2.84. The molecule has 1 fully saturated rings. The number of ether oxygens (including phenoxy) is 1. The van der Waals surface area contributed by atoms with Crippen molar-refractivity contribution in [2.24, 2.45) is 0 Å². The second-order valence-corrected chi connectivity index (χ2v) is 5.38. The van der Waals surface area contributed by atoms with E-state index in [1.165, 1.54) is 11.8 Å². The van der Waals surface area contributed by atoms with E-state index >= 15 is 0 Å². The van der Waals surface area contributed by atoms with Gasteiger partial charge in [-0.2, -0.15) is 0 Å². The molecule has 0 aromatic heterocycles. The van der Waals surface area contributed by atoms with Crippen LogP contribution < -0.4 is 10.2 Å². The number of carbonyl (C=O) groups excluding carboxylic acids is 2. The lowest BCUT2D eigenvalue weighted by Crippen LogP contribution is -2.42. The lowest BCUT2D eigenvalue weighted by Gasteiger charge is -2.21. The van der Waals surface area contributed by atoms with Gasteiger partial charge in [0.05, 0.1) is 6.10 Å². The van der Waals surface area contributed by atoms with E-state index in [1.807, 2.05) is 31.2 Å². The van der Waals surface area contributed by atoms with Gasteiger partial charge in [0.15, 0.2) is 0 Å². The third-order valence-corrected chi connectivity index (χ3v) is 3.55. The molecular weight excluding hydrogens is 268 g/mol. The summed E-state index contributed by atoms with van der Waals surface area (Å²) in [6.45, 7) is 4.74. The molecule has 0 aliphatic carbocycles. The smallest absolute Gasteiger partial charge is 0.240 e. The molecule has 2 amide bonds. The van der Waals surface area contributed by atoms with E-state index in [4.69, 9.17) is 4.74 Å². The quantitative estimate of drug-likeness (QED) is 0.897. The number of carbonyl (C=O) groups is 2. The van der Waals surface area contributed by atoms with E-state index in [2.05, 4.69) is 5.32 Å². The zero-order valence-corrected chi connectivity index (χ0v) is 12.6. The molecule has 1 atom stereocenters. The van der Waals surface area contributed by atoms with E-state index in [-0.39, 0.29) is 24.5 Å². The minimum absolute atomic E-state index is 0.0332. The second-order valence-electron chi connectivity index (χ2n) is 5.38. The van der Waals surface area contributed by atoms with Crippen LogP contribution in [0.5, 0.6) is 0 Å². The molecule has 114 valence electrons. The topological polar surface area (TPSA) is 58.6 Å². The van der Waals surface area contributed by atoms with Crippen LogP contribution in [0.15, 0.2) is 24.3 Å². The van der Waals surface area contributed by atoms with Crippen molar-refractivity contribution in [1.82, 2.24) is 5.32 Å². The second kappa shape index (κ2) is 7.22. The molecule has 21 heavy (non-hydrogen) atoms. The van der Waals surface area contributed by atoms with Crippen molar-refractivity contribution in [3.05, 3.63) is 29.8 Å². The predicted molar refractivity (Wildman–Crippen MR) is 81.2 cm³/mol. The molecule has 1 unspecified atom stereocenters. The highest BCUT2D eigenvalue weighted by Gasteiger charge is 2.19. The van der Waals surface area contributed by atoms with Crippen LogP contribution in [0.1, 0.15) is 25.3 Å². The van der Waals surface area contributed by atoms with Gasteiger partial charge in [0.25, 0.3) is 0 Å². The van der Waals surface area contributed by atoms with Crippen LogP contribution in [0.2, 0.25) is 0 Å². The van der Waals surface area contributed by atoms with Crippen molar-refractivity contribution in [1.29, 1.82) is 0 Å². The first-order valence-corrected chi connectivity index (χ1v) is 7.29. The lowest BCUT2D eigenvalue weighted by molar-refractivity contribution is -0.123. The molecule has 1 aliphatic rings. The molecule has 1 aromatic carbocycles. The van der Waals surface area contributed by atoms with Gasteiger partial charge in [-0.05, 0) is 37.5 Å². The van der Waals surface area contributed by atoms with Crippen molar-refractivity contribution in [3.63, 3.8) is 0 Å². The van der Waals surface area contributed by atoms with Crippen LogP contribution in [0.4, 0.5) is 5.69 Å². The molecular formula is C16H22N2O3. The summed E-state index contributed by atoms with van der Waals surface area (Å²) in [4.78, 5) is 25.3. The highest BCUT2D eigenvalue weighted by Crippen LogP contribution is 2.16. The van der Waals surface area contributed by atoms with Crippen LogP contribution >= 0.6 is 0 Å². The number of nitrogens with one attached hydrogen (secondary N) is 1. The Morgan fingerprint density at radius 2 is 2.24 bits per heavy atom. The molecule has 1 aromatic rings. The molecule has 1 heterocycles. The summed E-state index contributed by atoms with van der Waals surface area (Å²) in [5.74, 6) is -0.310. The van der Waals surface area contributed by atoms with Gasteiger partial charge in [-0.15, -0.1) is 0 Å². The minimum Gasteiger partial charge on any atom is -0.376 e. The van der Waals surface area contributed by atoms with Gasteiger partial charge in [0, 0.05) is 25.8 Å². The van der Waals surface area contributed by atoms with Crippen molar-refractivity contribution in [2.75, 3.05) is 24.6 Å². The number of anilines is 1. The number of aryl methyl sites for hydroxylation is 1. The fraction of sp³-hybridized carbons (Fsp3) is 0.500. The molecule has 5 nitrogen and oxygen atoms in total. The molecule has 0 saturated carbocycles. The van der Waals surface area contributed by atoms with Crippen molar-refractivity contribution < 1.29 is 14.3 Å². The van der Waals surface area contributed by atoms with Crippen LogP contribution in [-0.4, -0.2) is 37.6 Å². The Labute approximate surface area is 125 Å². The van der Waals surface area contributed by atoms with Gasteiger partial charge in [-0.3, -0.25) is 9.59 Å². The lowest BCUT2D eigenvalue weighted by atomic mass is 10.2. The predicted octanol–water partition coefficient (Wildman–Crippen LogP) is 1.64. The molecule has 1 N–H and O–H groups in total. The first-order valence-electron chi connectivity index (χ1n) is 7.29. The maximum Gasteiger partial charge on any atom is 0.240 e. The van der Waals surface area contributed by atoms with Gasteiger partial charge in [0.1, 0.15) is 6.54 Å². The monoisotopic (exact) mass is 290 g/mol. The zero-order valence-electron chi connectivity index (χ0n) is 12.6. The van der Waals surface area contributed by atoms with Crippen molar-refractivity contribution in [2.45, 2.75) is 32.8 Å². The third kappa shape index (κ3) is 4.56. The van der Waals surface area contributed by atoms with Crippen LogP contribution in [0.25, 0.3) is 0 Å². The van der Waals surface area contributed by atoms with Crippen molar-refractivity contribution >= 4 is 17.5 Å². The van der Waals surface area contributed by atoms with E-state index in [0.29, 0.717) is 6.54 Å². The first-order chi connectivity index (χ1) is 10.1. The molecule has 5 heteroatoms. The number of benzene rings is 1. The van der Waals surface area contributed by atoms with Crippen LogP contribution in [0, 0.1) is 6.92 Å². The Morgan fingerprint density at radius 1 is 1.43 bits per heavy atom. The molecule has 2 rings (SSSR count). The number of rotatable bonds is 5. The number of hydrogen-bond acceptors (Lipinski definition) is 3. The highest BCUT2D eigenvalue weighted by atomic mass is 16.5. The maximum absolute atomic E-state index is 12.0. The van der Waals surface area contributed by atoms with E-state index in [1.54, 1.807) is 0 Å². The maximum atomic E-state index is 12.0. The van der Waals surface area contributed by atoms with Gasteiger partial charge >= 0.3 is 0 Å². The Kier molecular flexibility index (Phi) is 5.33. The Hall–Kier alpha value is -1.88. The Balaban J connectivity index is 1.92. The third-order valence-electron chi connectivity index (χ3n) is 3.55. The molecule has 1 saturated heterocycles. The molecule has 0 bridgehead atoms. The van der Waals surface area contributed by atoms with Gasteiger partial charge in [-0.25, -0.2) is 0 Å². The number of hydrogen-bond donors (Lipinski definition) is 1. The standard InChI is InChI=1S/C16H22N2O3/c1-12-5-3-6-14(9-12)18(13(2)19)11-16(20)17-10-15-7-4-8-21-15/h3,5-6,9,15H,4,7-8,10-11H2,1-2H3,(H,17,20). The molecule has 0 spiro atoms. The first kappa shape index (κ1) is 15.5. The summed E-state index contributed by atoms with van der Waals surface area (Å²) < 4.78 is 5.46. The molecule has 0 radical (unpaired) electrons. The van der Waals surface area contributed by atoms with Gasteiger partial charge < -0.3 is 15.0 Å². The fourth-order valence-electron chi connectivity index (χ4n) is 2.41. The summed E-state index contributed by atoms with van der Waals surface area (Å²) in [6.07, 6.45) is 2.14. The SMILES string of the molecule is CC(=O)N(CC(=O)NCC1CCCO1)c1cccc(C)c1. The number of amides is 2. The summed E-state index contributed by atoms with van der Waals surface area (Å²) in [5.41, 5.74) is 1.80. The zero-order chi connectivity index (χ0) is 15.2. The summed E-state index contributed by atoms with van der Waals surface area (Å²) in [7, 11) is 0. The fourth-order valence-corrected chi connectivity index (χ4v) is 2.41. The number of nitrogens with zero attached hydrogens (tertiary/aromatic N) is 1. The minimum atomic E-state index is -0.165. The van der Waals surface area contributed by atoms with Crippen LogP contribution in [0.3, 0.4) is 0 Å². The Bertz CT molecular complexity index is 510. The normalized spacial score (nSPS) is 17.5. The van der Waals surface area contributed by atoms with Gasteiger partial charge in [0.2, 0.25) is 11.8 Å². The van der Waals surface area contributed by atoms with Gasteiger partial charge in [-0.1, -0.05) is 12.1 Å². The largest absolute Gasteiger partial charge is 0.376 e. The average Bonchev–Trinajstić information content (AvgIpc) is 2.95. The van der Waals surface area contributed by atoms with E-state index < -0.39 is 0 Å². The average molecular weight is 290 g/mol. The van der Waals surface area contributed by atoms with E-state index in [9.17, 15) is 9.59 Å². The summed E-state index contributed by atoms with van der Waals surface area (Å²) >= 11 is 0. The van der Waals surface area contributed by atoms with Crippen molar-refractivity contribution in [3.8, 4) is 0 Å².